The van der Waals surface area contributed by atoms with Gasteiger partial charge in [-0.1, -0.05) is 62.4 Å². The summed E-state index contributed by atoms with van der Waals surface area (Å²) in [6.07, 6.45) is -1.24. The molecule has 0 heterocycles. The van der Waals surface area contributed by atoms with Crippen LogP contribution in [0.15, 0.2) is 30.3 Å². The molecule has 0 aromatic heterocycles. The van der Waals surface area contributed by atoms with Gasteiger partial charge in [0.05, 0.1) is 0 Å². The third-order valence-electron chi connectivity index (χ3n) is 4.44. The van der Waals surface area contributed by atoms with Gasteiger partial charge in [0.1, 0.15) is 0 Å². The van der Waals surface area contributed by atoms with Crippen LogP contribution in [0.4, 0.5) is 13.2 Å². The minimum absolute atomic E-state index is 0.277. The fourth-order valence-corrected chi connectivity index (χ4v) is 3.18. The summed E-state index contributed by atoms with van der Waals surface area (Å²) >= 11 is 0. The Kier molecular flexibility index (Phi) is 6.26. The third kappa shape index (κ3) is 5.29. The van der Waals surface area contributed by atoms with Gasteiger partial charge in [-0.3, -0.25) is 0 Å². The number of aliphatic hydroxyl groups is 1. The van der Waals surface area contributed by atoms with Gasteiger partial charge in [0.25, 0.3) is 0 Å². The molecular weight excluding hydrogens is 291 g/mol. The molecule has 0 saturated heterocycles. The van der Waals surface area contributed by atoms with Gasteiger partial charge in [0, 0.05) is 12.6 Å². The van der Waals surface area contributed by atoms with Crippen molar-refractivity contribution in [2.24, 2.45) is 5.92 Å². The number of hydrogen-bond donors (Lipinski definition) is 2. The zero-order valence-electron chi connectivity index (χ0n) is 12.6. The zero-order chi connectivity index (χ0) is 16.0. The first-order valence-electron chi connectivity index (χ1n) is 7.99. The lowest BCUT2D eigenvalue weighted by Gasteiger charge is -2.31. The summed E-state index contributed by atoms with van der Waals surface area (Å²) in [7, 11) is 0. The van der Waals surface area contributed by atoms with E-state index < -0.39 is 18.3 Å². The minimum atomic E-state index is -4.58. The second-order valence-corrected chi connectivity index (χ2v) is 6.20. The van der Waals surface area contributed by atoms with Crippen molar-refractivity contribution in [3.8, 4) is 0 Å². The Morgan fingerprint density at radius 3 is 2.32 bits per heavy atom. The molecule has 124 valence electrons. The van der Waals surface area contributed by atoms with Gasteiger partial charge < -0.3 is 10.4 Å². The molecule has 2 rings (SSSR count). The van der Waals surface area contributed by atoms with E-state index in [1.54, 1.807) is 0 Å². The van der Waals surface area contributed by atoms with E-state index in [1.165, 1.54) is 6.42 Å². The maximum atomic E-state index is 12.9. The number of hydrogen-bond acceptors (Lipinski definition) is 2. The number of halogens is 3. The van der Waals surface area contributed by atoms with Crippen molar-refractivity contribution in [1.82, 2.24) is 5.32 Å². The molecule has 2 N–H and O–H groups in total. The fourth-order valence-electron chi connectivity index (χ4n) is 3.18. The maximum Gasteiger partial charge on any atom is 0.415 e. The van der Waals surface area contributed by atoms with Gasteiger partial charge in [-0.05, 0) is 17.9 Å². The Balaban J connectivity index is 1.97. The molecule has 0 radical (unpaired) electrons. The zero-order valence-corrected chi connectivity index (χ0v) is 12.6. The Labute approximate surface area is 129 Å². The summed E-state index contributed by atoms with van der Waals surface area (Å²) in [4.78, 5) is 0. The van der Waals surface area contributed by atoms with Crippen molar-refractivity contribution < 1.29 is 18.3 Å². The third-order valence-corrected chi connectivity index (χ3v) is 4.44. The van der Waals surface area contributed by atoms with E-state index in [4.69, 9.17) is 0 Å². The van der Waals surface area contributed by atoms with Crippen LogP contribution in [-0.4, -0.2) is 23.4 Å². The Bertz CT molecular complexity index is 429. The van der Waals surface area contributed by atoms with Crippen LogP contribution in [0.5, 0.6) is 0 Å². The van der Waals surface area contributed by atoms with Crippen molar-refractivity contribution in [3.05, 3.63) is 35.9 Å². The van der Waals surface area contributed by atoms with Crippen LogP contribution in [0.1, 0.15) is 44.1 Å². The molecule has 0 amide bonds. The Morgan fingerprint density at radius 1 is 1.09 bits per heavy atom. The van der Waals surface area contributed by atoms with Crippen molar-refractivity contribution in [2.45, 2.75) is 63.4 Å². The molecule has 1 aromatic rings. The predicted molar refractivity (Wildman–Crippen MR) is 80.3 cm³/mol. The highest BCUT2D eigenvalue weighted by molar-refractivity contribution is 5.14. The molecule has 0 spiro atoms. The second-order valence-electron chi connectivity index (χ2n) is 6.20. The summed E-state index contributed by atoms with van der Waals surface area (Å²) in [6, 6.07) is 8.37. The van der Waals surface area contributed by atoms with Gasteiger partial charge in [-0.15, -0.1) is 0 Å². The predicted octanol–water partition coefficient (Wildman–Crippen LogP) is 4.04. The normalized spacial score (nSPS) is 19.8. The van der Waals surface area contributed by atoms with E-state index in [0.717, 1.165) is 31.2 Å². The highest BCUT2D eigenvalue weighted by Gasteiger charge is 2.43. The van der Waals surface area contributed by atoms with Crippen molar-refractivity contribution in [2.75, 3.05) is 0 Å². The minimum Gasteiger partial charge on any atom is -0.382 e. The molecule has 22 heavy (non-hydrogen) atoms. The second kappa shape index (κ2) is 7.97. The maximum absolute atomic E-state index is 12.9. The molecule has 1 fully saturated rings. The lowest BCUT2D eigenvalue weighted by atomic mass is 9.83. The van der Waals surface area contributed by atoms with Crippen LogP contribution in [0.3, 0.4) is 0 Å². The first-order valence-corrected chi connectivity index (χ1v) is 7.99. The van der Waals surface area contributed by atoms with Crippen molar-refractivity contribution >= 4 is 0 Å². The molecular formula is C17H24F3NO. The number of aliphatic hydroxyl groups excluding tert-OH is 1. The molecule has 0 bridgehead atoms. The fraction of sp³-hybridized carbons (Fsp3) is 0.647. The smallest absolute Gasteiger partial charge is 0.382 e. The summed E-state index contributed by atoms with van der Waals surface area (Å²) in [5, 5.41) is 12.6. The molecule has 2 atom stereocenters. The average molecular weight is 315 g/mol. The van der Waals surface area contributed by atoms with E-state index in [1.807, 2.05) is 30.3 Å². The molecule has 5 heteroatoms. The van der Waals surface area contributed by atoms with Crippen LogP contribution in [-0.2, 0) is 6.54 Å². The average Bonchev–Trinajstić information content (AvgIpc) is 2.52. The van der Waals surface area contributed by atoms with Gasteiger partial charge in [0.15, 0.2) is 6.10 Å². The van der Waals surface area contributed by atoms with Gasteiger partial charge in [-0.25, -0.2) is 0 Å². The molecule has 1 saturated carbocycles. The van der Waals surface area contributed by atoms with Crippen molar-refractivity contribution in [1.29, 1.82) is 0 Å². The SMILES string of the molecule is O[C@H]([C@@H](CC1CCCCC1)NCc1ccccc1)C(F)(F)F. The molecule has 1 aliphatic carbocycles. The summed E-state index contributed by atoms with van der Waals surface area (Å²) < 4.78 is 38.7. The van der Waals surface area contributed by atoms with Crippen molar-refractivity contribution in [3.63, 3.8) is 0 Å². The van der Waals surface area contributed by atoms with Gasteiger partial charge in [0.2, 0.25) is 0 Å². The van der Waals surface area contributed by atoms with Gasteiger partial charge in [-0.2, -0.15) is 13.2 Å². The highest BCUT2D eigenvalue weighted by atomic mass is 19.4. The van der Waals surface area contributed by atoms with E-state index in [9.17, 15) is 18.3 Å². The number of nitrogens with one attached hydrogen (secondary N) is 1. The Hall–Kier alpha value is -1.07. The van der Waals surface area contributed by atoms with Crippen LogP contribution in [0, 0.1) is 5.92 Å². The summed E-state index contributed by atoms with van der Waals surface area (Å²) in [5.74, 6) is 0.277. The van der Waals surface area contributed by atoms with Crippen LogP contribution >= 0.6 is 0 Å². The van der Waals surface area contributed by atoms with Crippen LogP contribution in [0.2, 0.25) is 0 Å². The molecule has 0 aliphatic heterocycles. The largest absolute Gasteiger partial charge is 0.415 e. The molecule has 1 aliphatic rings. The van der Waals surface area contributed by atoms with E-state index in [0.29, 0.717) is 13.0 Å². The van der Waals surface area contributed by atoms with Gasteiger partial charge >= 0.3 is 6.18 Å². The topological polar surface area (TPSA) is 32.3 Å². The number of rotatable bonds is 6. The number of benzene rings is 1. The monoisotopic (exact) mass is 315 g/mol. The molecule has 0 unspecified atom stereocenters. The van der Waals surface area contributed by atoms with E-state index in [2.05, 4.69) is 5.32 Å². The quantitative estimate of drug-likeness (QED) is 0.830. The standard InChI is InChI=1S/C17H24F3NO/c18-17(19,20)16(22)15(11-13-7-3-1-4-8-13)21-12-14-9-5-2-6-10-14/h2,5-6,9-10,13,15-16,21-22H,1,3-4,7-8,11-12H2/t15-,16-/m1/s1. The first kappa shape index (κ1) is 17.3. The highest BCUT2D eigenvalue weighted by Crippen LogP contribution is 2.31. The summed E-state index contributed by atoms with van der Waals surface area (Å²) in [6.45, 7) is 0.339. The number of alkyl halides is 3. The summed E-state index contributed by atoms with van der Waals surface area (Å²) in [5.41, 5.74) is 0.922. The lowest BCUT2D eigenvalue weighted by Crippen LogP contribution is -2.48. The van der Waals surface area contributed by atoms with E-state index in [-0.39, 0.29) is 5.92 Å². The van der Waals surface area contributed by atoms with Crippen LogP contribution in [0.25, 0.3) is 0 Å². The lowest BCUT2D eigenvalue weighted by molar-refractivity contribution is -0.213. The first-order chi connectivity index (χ1) is 10.5. The van der Waals surface area contributed by atoms with E-state index >= 15 is 0 Å². The van der Waals surface area contributed by atoms with Crippen LogP contribution < -0.4 is 5.32 Å². The molecule has 2 nitrogen and oxygen atoms in total. The Morgan fingerprint density at radius 2 is 1.73 bits per heavy atom. The molecule has 1 aromatic carbocycles.